The Kier molecular flexibility index (Phi) is 9.57. The minimum absolute atomic E-state index is 0.0496. The molecule has 48 heavy (non-hydrogen) atoms. The number of methoxy groups -OCH3 is 2. The lowest BCUT2D eigenvalue weighted by Crippen LogP contribution is -2.40. The Morgan fingerprint density at radius 2 is 1.69 bits per heavy atom. The number of nitrogens with two attached hydrogens (primary N) is 1. The molecule has 2 fully saturated rings. The van der Waals surface area contributed by atoms with Gasteiger partial charge in [0.25, 0.3) is 0 Å². The second-order valence-electron chi connectivity index (χ2n) is 11.4. The number of anilines is 2. The summed E-state index contributed by atoms with van der Waals surface area (Å²) in [6.45, 7) is -0.168. The van der Waals surface area contributed by atoms with E-state index in [0.29, 0.717) is 12.8 Å². The molecule has 1 aliphatic carbocycles. The van der Waals surface area contributed by atoms with Crippen molar-refractivity contribution in [3.8, 4) is 5.75 Å². The molecule has 1 saturated heterocycles. The van der Waals surface area contributed by atoms with Crippen LogP contribution in [-0.4, -0.2) is 68.3 Å². The van der Waals surface area contributed by atoms with Crippen molar-refractivity contribution in [2.45, 2.75) is 41.5 Å². The van der Waals surface area contributed by atoms with Crippen LogP contribution in [0.2, 0.25) is 0 Å². The SMILES string of the molecule is COC(=O)Nc1ccc(S(=O)(=O)C2CC2)c([C@H]2[C@@H](C(=O)O)CCN2C(=O)[C@@H](Nc2cc(C(N)=O)ccc2F)c2ccc(F)c(OC)c2)c1. The van der Waals surface area contributed by atoms with Crippen molar-refractivity contribution in [2.75, 3.05) is 31.4 Å². The third-order valence-electron chi connectivity index (χ3n) is 8.33. The van der Waals surface area contributed by atoms with Crippen molar-refractivity contribution in [1.82, 2.24) is 4.90 Å². The van der Waals surface area contributed by atoms with E-state index >= 15 is 4.39 Å². The van der Waals surface area contributed by atoms with Crippen molar-refractivity contribution in [2.24, 2.45) is 11.7 Å². The van der Waals surface area contributed by atoms with Crippen LogP contribution in [0, 0.1) is 17.6 Å². The smallest absolute Gasteiger partial charge is 0.411 e. The number of likely N-dealkylation sites (tertiary alicyclic amines) is 1. The molecule has 0 aromatic heterocycles. The topological polar surface area (TPSA) is 194 Å². The van der Waals surface area contributed by atoms with Gasteiger partial charge in [-0.2, -0.15) is 0 Å². The number of hydrogen-bond acceptors (Lipinski definition) is 9. The summed E-state index contributed by atoms with van der Waals surface area (Å²) in [6, 6.07) is 7.61. The zero-order valence-electron chi connectivity index (χ0n) is 25.7. The van der Waals surface area contributed by atoms with Crippen LogP contribution in [0.5, 0.6) is 5.75 Å². The van der Waals surface area contributed by atoms with Crippen LogP contribution in [0.1, 0.15) is 52.8 Å². The van der Waals surface area contributed by atoms with Gasteiger partial charge in [0.2, 0.25) is 11.8 Å². The minimum atomic E-state index is -3.98. The van der Waals surface area contributed by atoms with Crippen LogP contribution in [0.25, 0.3) is 0 Å². The molecule has 0 radical (unpaired) electrons. The third-order valence-corrected chi connectivity index (χ3v) is 10.7. The number of carbonyl (C=O) groups excluding carboxylic acids is 3. The number of nitrogens with one attached hydrogen (secondary N) is 2. The number of sulfone groups is 1. The minimum Gasteiger partial charge on any atom is -0.494 e. The number of halogens is 2. The fraction of sp³-hybridized carbons (Fsp3) is 0.312. The Morgan fingerprint density at radius 1 is 0.979 bits per heavy atom. The molecule has 3 aromatic rings. The Hall–Kier alpha value is -5.25. The van der Waals surface area contributed by atoms with Crippen LogP contribution >= 0.6 is 0 Å². The van der Waals surface area contributed by atoms with Gasteiger partial charge in [0.1, 0.15) is 11.9 Å². The molecule has 0 unspecified atom stereocenters. The number of rotatable bonds is 11. The van der Waals surface area contributed by atoms with E-state index in [1.807, 2.05) is 0 Å². The molecule has 254 valence electrons. The maximum absolute atomic E-state index is 15.1. The molecule has 1 saturated carbocycles. The Labute approximate surface area is 273 Å². The summed E-state index contributed by atoms with van der Waals surface area (Å²) >= 11 is 0. The van der Waals surface area contributed by atoms with Gasteiger partial charge in [-0.05, 0) is 78.9 Å². The van der Waals surface area contributed by atoms with Gasteiger partial charge in [-0.25, -0.2) is 22.0 Å². The second kappa shape index (κ2) is 13.5. The predicted molar refractivity (Wildman–Crippen MR) is 167 cm³/mol. The van der Waals surface area contributed by atoms with Gasteiger partial charge in [0.05, 0.1) is 42.0 Å². The van der Waals surface area contributed by atoms with E-state index in [-0.39, 0.29) is 51.7 Å². The molecular formula is C32H32F2N4O9S. The zero-order valence-corrected chi connectivity index (χ0v) is 26.6. The summed E-state index contributed by atoms with van der Waals surface area (Å²) in [6.07, 6.45) is -0.168. The molecule has 0 bridgehead atoms. The van der Waals surface area contributed by atoms with Gasteiger partial charge in [-0.3, -0.25) is 19.7 Å². The molecule has 3 atom stereocenters. The number of nitrogens with zero attached hydrogens (tertiary/aromatic N) is 1. The first-order valence-electron chi connectivity index (χ1n) is 14.7. The molecule has 1 heterocycles. The molecule has 13 nitrogen and oxygen atoms in total. The highest BCUT2D eigenvalue weighted by molar-refractivity contribution is 7.92. The van der Waals surface area contributed by atoms with E-state index in [4.69, 9.17) is 10.5 Å². The highest BCUT2D eigenvalue weighted by Crippen LogP contribution is 2.45. The quantitative estimate of drug-likeness (QED) is 0.229. The number of aliphatic carboxylic acids is 1. The number of carboxylic acid groups (broad SMARTS) is 1. The van der Waals surface area contributed by atoms with Gasteiger partial charge >= 0.3 is 12.1 Å². The van der Waals surface area contributed by atoms with Crippen LogP contribution in [0.3, 0.4) is 0 Å². The number of carboxylic acids is 1. The van der Waals surface area contributed by atoms with Gasteiger partial charge in [-0.15, -0.1) is 0 Å². The average Bonchev–Trinajstić information content (AvgIpc) is 3.83. The lowest BCUT2D eigenvalue weighted by atomic mass is 9.92. The Balaban J connectivity index is 1.67. The van der Waals surface area contributed by atoms with Gasteiger partial charge in [0.15, 0.2) is 21.4 Å². The van der Waals surface area contributed by atoms with E-state index in [9.17, 15) is 37.1 Å². The van der Waals surface area contributed by atoms with E-state index in [1.165, 1.54) is 37.4 Å². The molecule has 3 aromatic carbocycles. The normalized spacial score (nSPS) is 18.1. The van der Waals surface area contributed by atoms with Gasteiger partial charge in [-0.1, -0.05) is 6.07 Å². The first-order chi connectivity index (χ1) is 22.8. The largest absolute Gasteiger partial charge is 0.494 e. The van der Waals surface area contributed by atoms with Crippen LogP contribution in [0.15, 0.2) is 59.5 Å². The van der Waals surface area contributed by atoms with Crippen LogP contribution < -0.4 is 21.1 Å². The monoisotopic (exact) mass is 686 g/mol. The lowest BCUT2D eigenvalue weighted by molar-refractivity contribution is -0.143. The molecular weight excluding hydrogens is 654 g/mol. The molecule has 5 rings (SSSR count). The summed E-state index contributed by atoms with van der Waals surface area (Å²) in [7, 11) is -1.65. The number of amides is 3. The summed E-state index contributed by atoms with van der Waals surface area (Å²) in [5.41, 5.74) is 5.08. The third kappa shape index (κ3) is 6.74. The predicted octanol–water partition coefficient (Wildman–Crippen LogP) is 4.01. The molecule has 3 amide bonds. The average molecular weight is 687 g/mol. The molecule has 0 spiro atoms. The van der Waals surface area contributed by atoms with Crippen LogP contribution in [-0.2, 0) is 24.2 Å². The summed E-state index contributed by atoms with van der Waals surface area (Å²) in [4.78, 5) is 52.1. The highest BCUT2D eigenvalue weighted by Gasteiger charge is 2.48. The Morgan fingerprint density at radius 3 is 2.31 bits per heavy atom. The maximum atomic E-state index is 15.1. The molecule has 16 heteroatoms. The highest BCUT2D eigenvalue weighted by atomic mass is 32.2. The lowest BCUT2D eigenvalue weighted by Gasteiger charge is -2.33. The fourth-order valence-electron chi connectivity index (χ4n) is 5.78. The van der Waals surface area contributed by atoms with Crippen molar-refractivity contribution < 1.29 is 51.0 Å². The van der Waals surface area contributed by atoms with Crippen LogP contribution in [0.4, 0.5) is 25.0 Å². The first-order valence-corrected chi connectivity index (χ1v) is 16.3. The summed E-state index contributed by atoms with van der Waals surface area (Å²) in [5, 5.41) is 14.8. The summed E-state index contributed by atoms with van der Waals surface area (Å²) in [5.74, 6) is -6.20. The summed E-state index contributed by atoms with van der Waals surface area (Å²) < 4.78 is 66.6. The molecule has 5 N–H and O–H groups in total. The Bertz CT molecular complexity index is 1900. The number of carbonyl (C=O) groups is 4. The molecule has 1 aliphatic heterocycles. The van der Waals surface area contributed by atoms with Crippen molar-refractivity contribution in [3.63, 3.8) is 0 Å². The number of benzene rings is 3. The van der Waals surface area contributed by atoms with Gasteiger partial charge < -0.3 is 30.5 Å². The zero-order chi connectivity index (χ0) is 34.9. The first kappa shape index (κ1) is 34.1. The number of hydrogen-bond donors (Lipinski definition) is 4. The van der Waals surface area contributed by atoms with Crippen molar-refractivity contribution in [3.05, 3.63) is 82.9 Å². The number of primary amides is 1. The van der Waals surface area contributed by atoms with Crippen molar-refractivity contribution in [1.29, 1.82) is 0 Å². The van der Waals surface area contributed by atoms with E-state index in [2.05, 4.69) is 15.4 Å². The molecule has 2 aliphatic rings. The fourth-order valence-corrected chi connectivity index (χ4v) is 7.66. The van der Waals surface area contributed by atoms with E-state index < -0.39 is 68.6 Å². The van der Waals surface area contributed by atoms with Gasteiger partial charge in [0, 0.05) is 17.8 Å². The number of ether oxygens (including phenoxy) is 2. The maximum Gasteiger partial charge on any atom is 0.411 e. The second-order valence-corrected chi connectivity index (χ2v) is 13.6. The van der Waals surface area contributed by atoms with E-state index in [1.54, 1.807) is 0 Å². The van der Waals surface area contributed by atoms with Crippen molar-refractivity contribution >= 4 is 45.1 Å². The standard InChI is InChI=1S/C32H32F2N4O9S/c1-46-25-14-16(3-9-23(25)34)27(37-24-13-17(29(35)39)4-8-22(24)33)30(40)38-12-11-20(31(41)42)28(38)21-15-18(36-32(43)47-2)5-10-26(21)48(44,45)19-6-7-19/h3-5,8-10,13-15,19-20,27-28,37H,6-7,11-12H2,1-2H3,(H2,35,39)(H,36,43)(H,41,42)/t20-,27-,28+/m0/s1. The van der Waals surface area contributed by atoms with E-state index in [0.717, 1.165) is 36.3 Å².